The Morgan fingerprint density at radius 1 is 1.22 bits per heavy atom. The first-order valence-electron chi connectivity index (χ1n) is 9.65. The van der Waals surface area contributed by atoms with E-state index in [1.165, 1.54) is 12.8 Å². The molecule has 27 heavy (non-hydrogen) atoms. The van der Waals surface area contributed by atoms with Crippen LogP contribution in [0, 0.1) is 11.7 Å². The Morgan fingerprint density at radius 2 is 1.96 bits per heavy atom. The first kappa shape index (κ1) is 23.9. The average Bonchev–Trinajstić information content (AvgIpc) is 2.64. The lowest BCUT2D eigenvalue weighted by Gasteiger charge is -2.29. The lowest BCUT2D eigenvalue weighted by atomic mass is 10.1. The number of morpholine rings is 1. The first-order valence-corrected chi connectivity index (χ1v) is 9.65. The molecular formula is C20H34FIN4O. The maximum absolute atomic E-state index is 14.4. The fraction of sp³-hybridized carbons (Fsp3) is 0.650. The molecule has 0 bridgehead atoms. The largest absolute Gasteiger partial charge is 0.378 e. The number of unbranched alkanes of at least 4 members (excludes halogenated alkanes) is 1. The maximum Gasteiger partial charge on any atom is 0.191 e. The Hall–Kier alpha value is -1.09. The van der Waals surface area contributed by atoms with E-state index in [0.717, 1.165) is 43.5 Å². The monoisotopic (exact) mass is 492 g/mol. The predicted octanol–water partition coefficient (Wildman–Crippen LogP) is 3.77. The highest BCUT2D eigenvalue weighted by molar-refractivity contribution is 14.0. The molecule has 1 fully saturated rings. The summed E-state index contributed by atoms with van der Waals surface area (Å²) in [4.78, 5) is 6.26. The summed E-state index contributed by atoms with van der Waals surface area (Å²) in [5.74, 6) is 1.33. The molecule has 5 nitrogen and oxygen atoms in total. The van der Waals surface area contributed by atoms with Crippen LogP contribution in [-0.2, 0) is 11.3 Å². The Labute approximate surface area is 180 Å². The predicted molar refractivity (Wildman–Crippen MR) is 122 cm³/mol. The van der Waals surface area contributed by atoms with E-state index in [9.17, 15) is 4.39 Å². The summed E-state index contributed by atoms with van der Waals surface area (Å²) >= 11 is 0. The third-order valence-electron chi connectivity index (χ3n) is 4.55. The van der Waals surface area contributed by atoms with E-state index in [-0.39, 0.29) is 29.8 Å². The summed E-state index contributed by atoms with van der Waals surface area (Å²) < 4.78 is 19.8. The molecule has 0 aliphatic carbocycles. The number of hydrogen-bond acceptors (Lipinski definition) is 3. The average molecular weight is 492 g/mol. The van der Waals surface area contributed by atoms with E-state index < -0.39 is 0 Å². The number of guanidine groups is 1. The van der Waals surface area contributed by atoms with E-state index in [4.69, 9.17) is 4.74 Å². The SMILES string of the molecule is CN=C(NCCCCC(C)C)NCc1ccc(N2CCOCC2)c(F)c1.I. The Balaban J connectivity index is 0.00000364. The Kier molecular flexibility index (Phi) is 11.7. The summed E-state index contributed by atoms with van der Waals surface area (Å²) in [6.07, 6.45) is 3.60. The number of benzene rings is 1. The molecule has 0 atom stereocenters. The molecule has 1 aliphatic rings. The van der Waals surface area contributed by atoms with Gasteiger partial charge in [-0.1, -0.05) is 32.8 Å². The van der Waals surface area contributed by atoms with Crippen LogP contribution in [0.1, 0.15) is 38.7 Å². The second kappa shape index (κ2) is 13.1. The second-order valence-electron chi connectivity index (χ2n) is 7.13. The molecule has 0 aromatic heterocycles. The van der Waals surface area contributed by atoms with Gasteiger partial charge in [0.2, 0.25) is 0 Å². The number of halogens is 2. The third-order valence-corrected chi connectivity index (χ3v) is 4.55. The van der Waals surface area contributed by atoms with Gasteiger partial charge in [0.05, 0.1) is 18.9 Å². The van der Waals surface area contributed by atoms with Gasteiger partial charge in [0, 0.05) is 33.2 Å². The zero-order valence-electron chi connectivity index (χ0n) is 16.8. The van der Waals surface area contributed by atoms with Crippen LogP contribution in [-0.4, -0.2) is 45.9 Å². The van der Waals surface area contributed by atoms with Crippen LogP contribution < -0.4 is 15.5 Å². The molecule has 0 unspecified atom stereocenters. The summed E-state index contributed by atoms with van der Waals surface area (Å²) in [6, 6.07) is 5.43. The van der Waals surface area contributed by atoms with E-state index in [2.05, 4.69) is 29.5 Å². The molecule has 1 aliphatic heterocycles. The molecule has 0 spiro atoms. The van der Waals surface area contributed by atoms with E-state index in [1.807, 2.05) is 17.0 Å². The van der Waals surface area contributed by atoms with Crippen molar-refractivity contribution in [3.63, 3.8) is 0 Å². The summed E-state index contributed by atoms with van der Waals surface area (Å²) in [6.45, 7) is 8.73. The van der Waals surface area contributed by atoms with Crippen LogP contribution in [0.25, 0.3) is 0 Å². The molecule has 0 saturated carbocycles. The van der Waals surface area contributed by atoms with Gasteiger partial charge in [-0.25, -0.2) is 4.39 Å². The number of nitrogens with one attached hydrogen (secondary N) is 2. The van der Waals surface area contributed by atoms with Gasteiger partial charge < -0.3 is 20.3 Å². The van der Waals surface area contributed by atoms with Gasteiger partial charge >= 0.3 is 0 Å². The molecule has 1 aromatic rings. The van der Waals surface area contributed by atoms with Gasteiger partial charge in [0.1, 0.15) is 5.82 Å². The fourth-order valence-corrected chi connectivity index (χ4v) is 3.01. The first-order chi connectivity index (χ1) is 12.6. The smallest absolute Gasteiger partial charge is 0.191 e. The lowest BCUT2D eigenvalue weighted by Crippen LogP contribution is -2.37. The summed E-state index contributed by atoms with van der Waals surface area (Å²) in [5, 5.41) is 6.56. The number of anilines is 1. The van der Waals surface area contributed by atoms with Crippen molar-refractivity contribution in [1.82, 2.24) is 10.6 Å². The molecule has 7 heteroatoms. The van der Waals surface area contributed by atoms with Crippen LogP contribution >= 0.6 is 24.0 Å². The van der Waals surface area contributed by atoms with E-state index >= 15 is 0 Å². The van der Waals surface area contributed by atoms with Crippen LogP contribution in [0.2, 0.25) is 0 Å². The standard InChI is InChI=1S/C20H33FN4O.HI/c1-16(2)6-4-5-9-23-20(22-3)24-15-17-7-8-19(18(21)14-17)25-10-12-26-13-11-25;/h7-8,14,16H,4-6,9-13,15H2,1-3H3,(H2,22,23,24);1H. The maximum atomic E-state index is 14.4. The van der Waals surface area contributed by atoms with Crippen molar-refractivity contribution in [2.75, 3.05) is 44.8 Å². The van der Waals surface area contributed by atoms with Crippen LogP contribution in [0.5, 0.6) is 0 Å². The minimum absolute atomic E-state index is 0. The highest BCUT2D eigenvalue weighted by Crippen LogP contribution is 2.21. The normalized spacial score (nSPS) is 14.9. The number of hydrogen-bond donors (Lipinski definition) is 2. The summed E-state index contributed by atoms with van der Waals surface area (Å²) in [7, 11) is 1.76. The van der Waals surface area contributed by atoms with E-state index in [0.29, 0.717) is 25.4 Å². The van der Waals surface area contributed by atoms with Gasteiger partial charge in [-0.15, -0.1) is 24.0 Å². The number of nitrogens with zero attached hydrogens (tertiary/aromatic N) is 2. The van der Waals surface area contributed by atoms with Crippen LogP contribution in [0.4, 0.5) is 10.1 Å². The van der Waals surface area contributed by atoms with E-state index in [1.54, 1.807) is 13.1 Å². The van der Waals surface area contributed by atoms with Crippen molar-refractivity contribution in [1.29, 1.82) is 0 Å². The quantitative estimate of drug-likeness (QED) is 0.251. The minimum atomic E-state index is -0.178. The van der Waals surface area contributed by atoms with Gasteiger partial charge in [-0.05, 0) is 30.0 Å². The molecular weight excluding hydrogens is 458 g/mol. The highest BCUT2D eigenvalue weighted by atomic mass is 127. The molecule has 0 radical (unpaired) electrons. The molecule has 154 valence electrons. The molecule has 1 aromatic carbocycles. The molecule has 0 amide bonds. The van der Waals surface area contributed by atoms with Gasteiger partial charge in [-0.2, -0.15) is 0 Å². The lowest BCUT2D eigenvalue weighted by molar-refractivity contribution is 0.122. The minimum Gasteiger partial charge on any atom is -0.378 e. The zero-order valence-corrected chi connectivity index (χ0v) is 19.1. The van der Waals surface area contributed by atoms with Crippen LogP contribution in [0.3, 0.4) is 0 Å². The van der Waals surface area contributed by atoms with Gasteiger partial charge in [0.25, 0.3) is 0 Å². The van der Waals surface area contributed by atoms with Gasteiger partial charge in [-0.3, -0.25) is 4.99 Å². The van der Waals surface area contributed by atoms with Crippen molar-refractivity contribution in [2.24, 2.45) is 10.9 Å². The van der Waals surface area contributed by atoms with Crippen LogP contribution in [0.15, 0.2) is 23.2 Å². The Bertz CT molecular complexity index is 577. The molecule has 2 N–H and O–H groups in total. The van der Waals surface area contributed by atoms with Gasteiger partial charge in [0.15, 0.2) is 5.96 Å². The highest BCUT2D eigenvalue weighted by Gasteiger charge is 2.15. The topological polar surface area (TPSA) is 48.9 Å². The zero-order chi connectivity index (χ0) is 18.8. The van der Waals surface area contributed by atoms with Crippen molar-refractivity contribution >= 4 is 35.6 Å². The summed E-state index contributed by atoms with van der Waals surface area (Å²) in [5.41, 5.74) is 1.56. The number of rotatable bonds is 8. The molecule has 2 rings (SSSR count). The van der Waals surface area contributed by atoms with Crippen molar-refractivity contribution in [2.45, 2.75) is 39.7 Å². The fourth-order valence-electron chi connectivity index (χ4n) is 3.01. The van der Waals surface area contributed by atoms with Crippen molar-refractivity contribution in [3.8, 4) is 0 Å². The molecule has 1 saturated heterocycles. The number of aliphatic imine (C=N–C) groups is 1. The molecule has 1 heterocycles. The third kappa shape index (κ3) is 8.64. The Morgan fingerprint density at radius 3 is 2.59 bits per heavy atom. The number of ether oxygens (including phenoxy) is 1. The second-order valence-corrected chi connectivity index (χ2v) is 7.13. The van der Waals surface area contributed by atoms with Crippen molar-refractivity contribution < 1.29 is 9.13 Å². The van der Waals surface area contributed by atoms with Crippen molar-refractivity contribution in [3.05, 3.63) is 29.6 Å².